The molecule has 0 aliphatic carbocycles. The van der Waals surface area contributed by atoms with Crippen molar-refractivity contribution in [1.82, 2.24) is 15.2 Å². The van der Waals surface area contributed by atoms with Gasteiger partial charge in [0.15, 0.2) is 0 Å². The van der Waals surface area contributed by atoms with Gasteiger partial charge in [0.05, 0.1) is 30.3 Å². The second-order valence-corrected chi connectivity index (χ2v) is 16.2. The molecule has 2 aromatic carbocycles. The molecule has 2 aromatic heterocycles. The summed E-state index contributed by atoms with van der Waals surface area (Å²) in [6, 6.07) is 18.8. The minimum absolute atomic E-state index is 0.729. The van der Waals surface area contributed by atoms with Gasteiger partial charge in [0.2, 0.25) is 0 Å². The van der Waals surface area contributed by atoms with E-state index in [9.17, 15) is 0 Å². The smallest absolute Gasteiger partial charge is 0.123 e. The molecule has 0 spiro atoms. The van der Waals surface area contributed by atoms with Crippen molar-refractivity contribution < 1.29 is 9.47 Å². The van der Waals surface area contributed by atoms with Crippen molar-refractivity contribution >= 4 is 10.8 Å². The van der Waals surface area contributed by atoms with Crippen LogP contribution in [0.4, 0.5) is 0 Å². The molecule has 5 heteroatoms. The van der Waals surface area contributed by atoms with Crippen molar-refractivity contribution in [3.8, 4) is 34.1 Å². The fourth-order valence-corrected chi connectivity index (χ4v) is 7.69. The molecular formula is C50H77N3O2. The monoisotopic (exact) mass is 752 g/mol. The zero-order chi connectivity index (χ0) is 38.4. The van der Waals surface area contributed by atoms with Gasteiger partial charge >= 0.3 is 0 Å². The molecule has 2 heterocycles. The Balaban J connectivity index is 1.18. The summed E-state index contributed by atoms with van der Waals surface area (Å²) in [7, 11) is 0. The van der Waals surface area contributed by atoms with Crippen LogP contribution in [-0.2, 0) is 0 Å². The average Bonchev–Trinajstić information content (AvgIpc) is 3.71. The van der Waals surface area contributed by atoms with Gasteiger partial charge in [-0.1, -0.05) is 205 Å². The Labute approximate surface area is 336 Å². The number of fused-ring (bicyclic) bond motifs is 1. The number of hydrogen-bond acceptors (Lipinski definition) is 4. The first-order valence-electron chi connectivity index (χ1n) is 23.1. The first kappa shape index (κ1) is 44.4. The van der Waals surface area contributed by atoms with E-state index in [4.69, 9.17) is 19.6 Å². The lowest BCUT2D eigenvalue weighted by molar-refractivity contribution is 0.290. The number of benzene rings is 2. The van der Waals surface area contributed by atoms with Crippen LogP contribution in [0.2, 0.25) is 0 Å². The fraction of sp³-hybridized carbons (Fsp3) is 0.640. The second kappa shape index (κ2) is 29.0. The summed E-state index contributed by atoms with van der Waals surface area (Å²) in [4.78, 5) is 4.71. The summed E-state index contributed by atoms with van der Waals surface area (Å²) in [6.45, 7) is 6.05. The minimum atomic E-state index is 0.729. The SMILES string of the molecule is CCCCCCCCCCCCCCCCOc1cc(OCCCCCCCCCCCCCCCC)cc(-c2cc(-c3cc4ccccc4cn3)[nH]n2)c1. The van der Waals surface area contributed by atoms with E-state index in [1.807, 2.05) is 12.3 Å². The highest BCUT2D eigenvalue weighted by molar-refractivity contribution is 5.85. The molecule has 5 nitrogen and oxygen atoms in total. The molecule has 4 rings (SSSR count). The van der Waals surface area contributed by atoms with Crippen LogP contribution < -0.4 is 9.47 Å². The van der Waals surface area contributed by atoms with Gasteiger partial charge in [0.25, 0.3) is 0 Å². The summed E-state index contributed by atoms with van der Waals surface area (Å²) in [6.07, 6.45) is 40.0. The fourth-order valence-electron chi connectivity index (χ4n) is 7.69. The Kier molecular flexibility index (Phi) is 23.4. The highest BCUT2D eigenvalue weighted by atomic mass is 16.5. The van der Waals surface area contributed by atoms with E-state index in [0.29, 0.717) is 0 Å². The Hall–Kier alpha value is -3.34. The molecule has 1 N–H and O–H groups in total. The molecule has 4 aromatic rings. The normalized spacial score (nSPS) is 11.5. The second-order valence-electron chi connectivity index (χ2n) is 16.2. The number of rotatable bonds is 34. The molecule has 0 atom stereocenters. The molecule has 0 amide bonds. The van der Waals surface area contributed by atoms with Crippen molar-refractivity contribution in [1.29, 1.82) is 0 Å². The van der Waals surface area contributed by atoms with E-state index in [2.05, 4.69) is 67.5 Å². The molecule has 304 valence electrons. The molecule has 0 radical (unpaired) electrons. The maximum atomic E-state index is 6.35. The number of unbranched alkanes of at least 4 members (excludes halogenated alkanes) is 26. The lowest BCUT2D eigenvalue weighted by atomic mass is 10.0. The van der Waals surface area contributed by atoms with Crippen molar-refractivity contribution in [3.05, 3.63) is 60.8 Å². The molecule has 0 bridgehead atoms. The molecule has 0 fully saturated rings. The van der Waals surface area contributed by atoms with Crippen LogP contribution in [0.25, 0.3) is 33.4 Å². The van der Waals surface area contributed by atoms with Crippen LogP contribution in [-0.4, -0.2) is 28.4 Å². The number of hydrogen-bond donors (Lipinski definition) is 1. The Morgan fingerprint density at radius 2 is 0.855 bits per heavy atom. The number of aromatic nitrogens is 3. The summed E-state index contributed by atoms with van der Waals surface area (Å²) in [5, 5.41) is 10.2. The maximum absolute atomic E-state index is 6.35. The van der Waals surface area contributed by atoms with Crippen LogP contribution in [0.1, 0.15) is 194 Å². The standard InChI is InChI=1S/C50H77N3O2/c1-3-5-7-9-11-13-15-17-19-21-23-25-27-31-35-54-46-37-45(48-41-50(53-52-48)49-39-43-33-29-30-34-44(43)42-51-49)38-47(40-46)55-36-32-28-26-24-22-20-18-16-14-12-10-8-6-4-2/h29-30,33-34,37-42H,3-28,31-32,35-36H2,1-2H3,(H,52,53). The van der Waals surface area contributed by atoms with Crippen LogP contribution in [0, 0.1) is 0 Å². The van der Waals surface area contributed by atoms with Gasteiger partial charge in [-0.2, -0.15) is 5.10 Å². The lowest BCUT2D eigenvalue weighted by Gasteiger charge is -2.12. The number of nitrogens with zero attached hydrogens (tertiary/aromatic N) is 2. The zero-order valence-electron chi connectivity index (χ0n) is 35.2. The number of ether oxygens (including phenoxy) is 2. The molecule has 55 heavy (non-hydrogen) atoms. The average molecular weight is 752 g/mol. The Morgan fingerprint density at radius 3 is 1.31 bits per heavy atom. The largest absolute Gasteiger partial charge is 0.493 e. The molecule has 0 aliphatic rings. The Bertz CT molecular complexity index is 1480. The molecule has 0 saturated carbocycles. The highest BCUT2D eigenvalue weighted by Crippen LogP contribution is 2.32. The quantitative estimate of drug-likeness (QED) is 0.0483. The molecule has 0 saturated heterocycles. The zero-order valence-corrected chi connectivity index (χ0v) is 35.2. The third kappa shape index (κ3) is 18.9. The number of nitrogens with one attached hydrogen (secondary N) is 1. The van der Waals surface area contributed by atoms with E-state index in [1.54, 1.807) is 0 Å². The van der Waals surface area contributed by atoms with Gasteiger partial charge in [0.1, 0.15) is 11.5 Å². The summed E-state index contributed by atoms with van der Waals surface area (Å²) in [5.74, 6) is 1.72. The first-order chi connectivity index (χ1) is 27.3. The highest BCUT2D eigenvalue weighted by Gasteiger charge is 2.12. The van der Waals surface area contributed by atoms with E-state index < -0.39 is 0 Å². The van der Waals surface area contributed by atoms with Crippen molar-refractivity contribution in [2.24, 2.45) is 0 Å². The third-order valence-electron chi connectivity index (χ3n) is 11.2. The Morgan fingerprint density at radius 1 is 0.436 bits per heavy atom. The third-order valence-corrected chi connectivity index (χ3v) is 11.2. The van der Waals surface area contributed by atoms with Crippen LogP contribution >= 0.6 is 0 Å². The van der Waals surface area contributed by atoms with Crippen molar-refractivity contribution in [2.45, 2.75) is 194 Å². The topological polar surface area (TPSA) is 60.0 Å². The van der Waals surface area contributed by atoms with Gasteiger partial charge in [0, 0.05) is 23.2 Å². The minimum Gasteiger partial charge on any atom is -0.493 e. The molecule has 0 unspecified atom stereocenters. The van der Waals surface area contributed by atoms with E-state index in [1.165, 1.54) is 172 Å². The van der Waals surface area contributed by atoms with Gasteiger partial charge in [-0.15, -0.1) is 0 Å². The van der Waals surface area contributed by atoms with Crippen LogP contribution in [0.5, 0.6) is 11.5 Å². The lowest BCUT2D eigenvalue weighted by Crippen LogP contribution is -2.01. The summed E-state index contributed by atoms with van der Waals surface area (Å²) >= 11 is 0. The van der Waals surface area contributed by atoms with Crippen molar-refractivity contribution in [3.63, 3.8) is 0 Å². The van der Waals surface area contributed by atoms with Crippen LogP contribution in [0.3, 0.4) is 0 Å². The summed E-state index contributed by atoms with van der Waals surface area (Å²) < 4.78 is 12.7. The number of pyridine rings is 1. The number of H-pyrrole nitrogens is 1. The predicted octanol–water partition coefficient (Wildman–Crippen LogP) is 16.0. The molecular weight excluding hydrogens is 675 g/mol. The predicted molar refractivity (Wildman–Crippen MR) is 236 cm³/mol. The van der Waals surface area contributed by atoms with Crippen molar-refractivity contribution in [2.75, 3.05) is 13.2 Å². The van der Waals surface area contributed by atoms with Gasteiger partial charge in [-0.25, -0.2) is 0 Å². The maximum Gasteiger partial charge on any atom is 0.123 e. The van der Waals surface area contributed by atoms with Crippen LogP contribution in [0.15, 0.2) is 60.8 Å². The number of aromatic amines is 1. The van der Waals surface area contributed by atoms with Gasteiger partial charge < -0.3 is 9.47 Å². The summed E-state index contributed by atoms with van der Waals surface area (Å²) in [5.41, 5.74) is 3.65. The first-order valence-corrected chi connectivity index (χ1v) is 23.1. The van der Waals surface area contributed by atoms with E-state index in [0.717, 1.165) is 65.6 Å². The van der Waals surface area contributed by atoms with E-state index >= 15 is 0 Å². The van der Waals surface area contributed by atoms with Gasteiger partial charge in [-0.05, 0) is 42.5 Å². The molecule has 0 aliphatic heterocycles. The van der Waals surface area contributed by atoms with Gasteiger partial charge in [-0.3, -0.25) is 10.1 Å². The van der Waals surface area contributed by atoms with E-state index in [-0.39, 0.29) is 0 Å².